The lowest BCUT2D eigenvalue weighted by Crippen LogP contribution is -2.56. The molecule has 2 heterocycles. The Kier molecular flexibility index (Phi) is 3.61. The van der Waals surface area contributed by atoms with Crippen molar-refractivity contribution in [3.8, 4) is 0 Å². The molecule has 0 radical (unpaired) electrons. The summed E-state index contributed by atoms with van der Waals surface area (Å²) in [4.78, 5) is 15.4. The van der Waals surface area contributed by atoms with E-state index in [2.05, 4.69) is 41.3 Å². The van der Waals surface area contributed by atoms with Crippen molar-refractivity contribution in [2.75, 3.05) is 26.8 Å². The van der Waals surface area contributed by atoms with Crippen LogP contribution in [0, 0.1) is 0 Å². The first-order valence-electron chi connectivity index (χ1n) is 9.40. The molecule has 2 aliphatic carbocycles. The van der Waals surface area contributed by atoms with Gasteiger partial charge < -0.3 is 14.4 Å². The van der Waals surface area contributed by atoms with Crippen molar-refractivity contribution in [1.29, 1.82) is 0 Å². The third-order valence-corrected chi connectivity index (χ3v) is 6.41. The van der Waals surface area contributed by atoms with Gasteiger partial charge in [0.25, 0.3) is 0 Å². The van der Waals surface area contributed by atoms with E-state index >= 15 is 0 Å². The van der Waals surface area contributed by atoms with Gasteiger partial charge in [-0.15, -0.1) is 6.58 Å². The molecule has 1 N–H and O–H groups in total. The lowest BCUT2D eigenvalue weighted by atomic mass is 9.62. The molecule has 4 atom stereocenters. The Morgan fingerprint density at radius 2 is 2.27 bits per heavy atom. The summed E-state index contributed by atoms with van der Waals surface area (Å²) < 4.78 is 8.00. The highest BCUT2D eigenvalue weighted by atomic mass is 16.5. The minimum absolute atomic E-state index is 0.0118. The lowest BCUT2D eigenvalue weighted by molar-refractivity contribution is -0.0365. The summed E-state index contributed by atoms with van der Waals surface area (Å²) in [6.07, 6.45) is 2.86. The molecule has 2 aromatic rings. The zero-order valence-corrected chi connectivity index (χ0v) is 15.0. The number of ether oxygens (including phenoxy) is 1. The zero-order chi connectivity index (χ0) is 18.0. The largest absolute Gasteiger partial charge is 0.394 e. The monoisotopic (exact) mass is 352 g/mol. The number of aliphatic hydroxyl groups is 1. The van der Waals surface area contributed by atoms with Crippen molar-refractivity contribution in [1.82, 2.24) is 9.47 Å². The molecule has 3 aliphatic rings. The van der Waals surface area contributed by atoms with Crippen LogP contribution >= 0.6 is 0 Å². The summed E-state index contributed by atoms with van der Waals surface area (Å²) in [5, 5.41) is 10.4. The molecule has 1 aromatic carbocycles. The molecule has 0 bridgehead atoms. The number of nitrogens with zero attached hydrogens (tertiary/aromatic N) is 2. The van der Waals surface area contributed by atoms with E-state index in [9.17, 15) is 4.79 Å². The van der Waals surface area contributed by atoms with Gasteiger partial charge in [0, 0.05) is 41.5 Å². The normalized spacial score (nSPS) is 29.5. The number of likely N-dealkylation sites (N-methyl/N-ethyl adjacent to an activating group) is 1. The van der Waals surface area contributed by atoms with E-state index in [4.69, 9.17) is 9.84 Å². The number of rotatable bonds is 5. The quantitative estimate of drug-likeness (QED) is 0.839. The Morgan fingerprint density at radius 1 is 1.42 bits per heavy atom. The Bertz CT molecular complexity index is 916. The summed E-state index contributed by atoms with van der Waals surface area (Å²) in [6.45, 7) is 5.75. The number of aliphatic hydroxyl groups excluding tert-OH is 1. The molecule has 2 unspecified atom stereocenters. The van der Waals surface area contributed by atoms with Crippen LogP contribution in [0.3, 0.4) is 0 Å². The highest BCUT2D eigenvalue weighted by Crippen LogP contribution is 2.56. The van der Waals surface area contributed by atoms with E-state index < -0.39 is 0 Å². The number of benzene rings is 1. The van der Waals surface area contributed by atoms with Crippen molar-refractivity contribution in [2.45, 2.75) is 36.9 Å². The standard InChI is InChI=1S/C21H24N2O3/c1-3-7-23-15-6-4-5-13-14-10-12(26-9-8-24)11-22(2)19(14)18-17(16(13)15)20(23)21(18)25/h3-6,12,14,18-19,24H,1,7-11H2,2H3/t12-,14?,18?,19-/m1/s1. The van der Waals surface area contributed by atoms with E-state index in [1.165, 1.54) is 16.5 Å². The van der Waals surface area contributed by atoms with Gasteiger partial charge in [0.1, 0.15) is 0 Å². The van der Waals surface area contributed by atoms with Crippen LogP contribution in [0.4, 0.5) is 0 Å². The highest BCUT2D eigenvalue weighted by molar-refractivity contribution is 6.18. The van der Waals surface area contributed by atoms with Crippen LogP contribution in [-0.2, 0) is 11.3 Å². The van der Waals surface area contributed by atoms with Gasteiger partial charge in [-0.1, -0.05) is 18.2 Å². The van der Waals surface area contributed by atoms with Crippen LogP contribution in [0.25, 0.3) is 10.9 Å². The van der Waals surface area contributed by atoms with Gasteiger partial charge in [0.05, 0.1) is 30.9 Å². The van der Waals surface area contributed by atoms with Crippen LogP contribution in [-0.4, -0.2) is 59.3 Å². The molecular weight excluding hydrogens is 328 g/mol. The number of carbonyl (C=O) groups is 1. The van der Waals surface area contributed by atoms with Crippen molar-refractivity contribution in [3.63, 3.8) is 0 Å². The summed E-state index contributed by atoms with van der Waals surface area (Å²) in [5.41, 5.74) is 4.65. The lowest BCUT2D eigenvalue weighted by Gasteiger charge is -2.50. The number of Topliss-reactive ketones (excluding diaryl/α,β-unsaturated/α-hetero) is 1. The van der Waals surface area contributed by atoms with E-state index in [0.717, 1.165) is 24.2 Å². The second-order valence-electron chi connectivity index (χ2n) is 7.73. The second kappa shape index (κ2) is 5.78. The molecule has 0 spiro atoms. The molecule has 0 amide bonds. The van der Waals surface area contributed by atoms with Crippen molar-refractivity contribution < 1.29 is 14.6 Å². The Hall–Kier alpha value is -1.95. The van der Waals surface area contributed by atoms with Crippen LogP contribution in [0.2, 0.25) is 0 Å². The Balaban J connectivity index is 1.66. The number of piperidine rings is 1. The van der Waals surface area contributed by atoms with Crippen LogP contribution < -0.4 is 0 Å². The number of likely N-dealkylation sites (tertiary alicyclic amines) is 1. The summed E-state index contributed by atoms with van der Waals surface area (Å²) in [5.74, 6) is 0.554. The number of aromatic nitrogens is 1. The van der Waals surface area contributed by atoms with Crippen LogP contribution in [0.1, 0.15) is 39.9 Å². The average molecular weight is 352 g/mol. The number of fused-ring (bicyclic) bond motifs is 3. The highest BCUT2D eigenvalue weighted by Gasteiger charge is 2.55. The molecule has 5 heteroatoms. The summed E-state index contributed by atoms with van der Waals surface area (Å²) in [6, 6.07) is 6.66. The van der Waals surface area contributed by atoms with Crippen molar-refractivity contribution >= 4 is 16.7 Å². The molecule has 0 saturated carbocycles. The predicted octanol–water partition coefficient (Wildman–Crippen LogP) is 2.29. The van der Waals surface area contributed by atoms with Gasteiger partial charge in [-0.2, -0.15) is 0 Å². The van der Waals surface area contributed by atoms with Crippen molar-refractivity contribution in [3.05, 3.63) is 47.7 Å². The second-order valence-corrected chi connectivity index (χ2v) is 7.73. The van der Waals surface area contributed by atoms with Gasteiger partial charge in [0.2, 0.25) is 0 Å². The molecule has 1 aromatic heterocycles. The molecular formula is C21H24N2O3. The fraction of sp³-hybridized carbons (Fsp3) is 0.476. The van der Waals surface area contributed by atoms with Gasteiger partial charge in [-0.3, -0.25) is 9.69 Å². The van der Waals surface area contributed by atoms with Crippen LogP contribution in [0.15, 0.2) is 30.9 Å². The summed E-state index contributed by atoms with van der Waals surface area (Å²) in [7, 11) is 2.10. The smallest absolute Gasteiger partial charge is 0.188 e. The van der Waals surface area contributed by atoms with Crippen molar-refractivity contribution in [2.24, 2.45) is 0 Å². The van der Waals surface area contributed by atoms with Gasteiger partial charge in [-0.25, -0.2) is 0 Å². The maximum atomic E-state index is 13.1. The molecule has 136 valence electrons. The van der Waals surface area contributed by atoms with E-state index in [1.54, 1.807) is 0 Å². The zero-order valence-electron chi connectivity index (χ0n) is 15.0. The number of ketones is 1. The third-order valence-electron chi connectivity index (χ3n) is 6.41. The van der Waals surface area contributed by atoms with Gasteiger partial charge in [0.15, 0.2) is 5.78 Å². The van der Waals surface area contributed by atoms with E-state index in [-0.39, 0.29) is 36.4 Å². The molecule has 5 nitrogen and oxygen atoms in total. The molecule has 1 saturated heterocycles. The fourth-order valence-electron chi connectivity index (χ4n) is 5.57. The number of hydrogen-bond donors (Lipinski definition) is 1. The average Bonchev–Trinajstić information content (AvgIpc) is 2.93. The first kappa shape index (κ1) is 16.2. The van der Waals surface area contributed by atoms with Gasteiger partial charge >= 0.3 is 0 Å². The number of hydrogen-bond acceptors (Lipinski definition) is 4. The third kappa shape index (κ3) is 1.94. The molecule has 26 heavy (non-hydrogen) atoms. The first-order chi connectivity index (χ1) is 12.7. The van der Waals surface area contributed by atoms with Crippen LogP contribution in [0.5, 0.6) is 0 Å². The number of allylic oxidation sites excluding steroid dienone is 1. The maximum absolute atomic E-state index is 13.1. The van der Waals surface area contributed by atoms with Gasteiger partial charge in [-0.05, 0) is 25.1 Å². The number of carbonyl (C=O) groups excluding carboxylic acids is 1. The van der Waals surface area contributed by atoms with E-state index in [0.29, 0.717) is 13.2 Å². The SMILES string of the molecule is C=CCn1c2c3c4c(cccc41)C1C[C@@H](OCCO)CN(C)[C@H]1C3C2=O. The molecule has 5 rings (SSSR count). The maximum Gasteiger partial charge on any atom is 0.188 e. The fourth-order valence-corrected chi connectivity index (χ4v) is 5.57. The molecule has 1 aliphatic heterocycles. The summed E-state index contributed by atoms with van der Waals surface area (Å²) >= 11 is 0. The minimum Gasteiger partial charge on any atom is -0.394 e. The Labute approximate surface area is 152 Å². The first-order valence-corrected chi connectivity index (χ1v) is 9.40. The topological polar surface area (TPSA) is 54.7 Å². The predicted molar refractivity (Wildman–Crippen MR) is 99.8 cm³/mol. The Morgan fingerprint density at radius 3 is 3.04 bits per heavy atom. The minimum atomic E-state index is -0.0118. The molecule has 1 fully saturated rings. The van der Waals surface area contributed by atoms with E-state index in [1.807, 2.05) is 6.08 Å².